The SMILES string of the molecule is Nc1cc(Br)ccc1COc1ccc(Cl)c2cccnc12. The van der Waals surface area contributed by atoms with Crippen molar-refractivity contribution in [2.24, 2.45) is 0 Å². The van der Waals surface area contributed by atoms with Gasteiger partial charge in [-0.1, -0.05) is 33.6 Å². The number of hydrogen-bond donors (Lipinski definition) is 1. The summed E-state index contributed by atoms with van der Waals surface area (Å²) < 4.78 is 6.81. The molecule has 2 N–H and O–H groups in total. The van der Waals surface area contributed by atoms with Gasteiger partial charge in [0, 0.05) is 27.3 Å². The Morgan fingerprint density at radius 1 is 1.19 bits per heavy atom. The average Bonchev–Trinajstić information content (AvgIpc) is 2.48. The van der Waals surface area contributed by atoms with Gasteiger partial charge in [0.15, 0.2) is 0 Å². The van der Waals surface area contributed by atoms with Gasteiger partial charge in [-0.05, 0) is 36.4 Å². The molecule has 0 aliphatic rings. The topological polar surface area (TPSA) is 48.1 Å². The summed E-state index contributed by atoms with van der Waals surface area (Å²) in [5.74, 6) is 0.692. The van der Waals surface area contributed by atoms with E-state index in [0.717, 1.165) is 20.9 Å². The van der Waals surface area contributed by atoms with Crippen LogP contribution < -0.4 is 10.5 Å². The van der Waals surface area contributed by atoms with Crippen molar-refractivity contribution < 1.29 is 4.74 Å². The molecule has 1 aromatic heterocycles. The molecule has 21 heavy (non-hydrogen) atoms. The molecule has 106 valence electrons. The molecule has 3 rings (SSSR count). The fraction of sp³-hybridized carbons (Fsp3) is 0.0625. The molecule has 3 aromatic rings. The third-order valence-electron chi connectivity index (χ3n) is 3.17. The van der Waals surface area contributed by atoms with Crippen LogP contribution in [0.1, 0.15) is 5.56 Å². The molecule has 1 heterocycles. The normalized spacial score (nSPS) is 10.8. The highest BCUT2D eigenvalue weighted by molar-refractivity contribution is 9.10. The number of rotatable bonds is 3. The first kappa shape index (κ1) is 14.2. The Morgan fingerprint density at radius 2 is 2.05 bits per heavy atom. The first-order chi connectivity index (χ1) is 10.1. The largest absolute Gasteiger partial charge is 0.487 e. The van der Waals surface area contributed by atoms with E-state index >= 15 is 0 Å². The molecule has 0 aliphatic carbocycles. The van der Waals surface area contributed by atoms with Crippen LogP contribution in [0.15, 0.2) is 53.1 Å². The zero-order valence-corrected chi connectivity index (χ0v) is 13.4. The van der Waals surface area contributed by atoms with Crippen LogP contribution in [0.4, 0.5) is 5.69 Å². The van der Waals surface area contributed by atoms with Crippen LogP contribution in [0.3, 0.4) is 0 Å². The summed E-state index contributed by atoms with van der Waals surface area (Å²) in [6.45, 7) is 0.381. The molecule has 0 saturated carbocycles. The standard InChI is InChI=1S/C16H12BrClN2O/c17-11-4-3-10(14(19)8-11)9-21-15-6-5-13(18)12-2-1-7-20-16(12)15/h1-8H,9,19H2. The Bertz CT molecular complexity index is 807. The Morgan fingerprint density at radius 3 is 2.86 bits per heavy atom. The number of benzene rings is 2. The number of halogens is 2. The summed E-state index contributed by atoms with van der Waals surface area (Å²) in [7, 11) is 0. The number of anilines is 1. The van der Waals surface area contributed by atoms with Crippen LogP contribution in [-0.4, -0.2) is 4.98 Å². The summed E-state index contributed by atoms with van der Waals surface area (Å²) in [6, 6.07) is 13.1. The van der Waals surface area contributed by atoms with Crippen LogP contribution in [0, 0.1) is 0 Å². The van der Waals surface area contributed by atoms with Crippen molar-refractivity contribution in [3.8, 4) is 5.75 Å². The molecule has 0 amide bonds. The highest BCUT2D eigenvalue weighted by Crippen LogP contribution is 2.30. The molecular weight excluding hydrogens is 352 g/mol. The Hall–Kier alpha value is -1.78. The molecule has 0 saturated heterocycles. The van der Waals surface area contributed by atoms with Crippen molar-refractivity contribution in [3.63, 3.8) is 0 Å². The number of ether oxygens (including phenoxy) is 1. The molecule has 0 aliphatic heterocycles. The van der Waals surface area contributed by atoms with Gasteiger partial charge in [0.05, 0.1) is 5.02 Å². The van der Waals surface area contributed by atoms with Gasteiger partial charge in [-0.15, -0.1) is 0 Å². The van der Waals surface area contributed by atoms with Crippen LogP contribution in [0.25, 0.3) is 10.9 Å². The number of aromatic nitrogens is 1. The van der Waals surface area contributed by atoms with Crippen molar-refractivity contribution in [2.45, 2.75) is 6.61 Å². The lowest BCUT2D eigenvalue weighted by molar-refractivity contribution is 0.310. The van der Waals surface area contributed by atoms with Gasteiger partial charge in [0.1, 0.15) is 17.9 Å². The average molecular weight is 364 g/mol. The quantitative estimate of drug-likeness (QED) is 0.679. The zero-order valence-electron chi connectivity index (χ0n) is 11.0. The molecular formula is C16H12BrClN2O. The van der Waals surface area contributed by atoms with Gasteiger partial charge < -0.3 is 10.5 Å². The van der Waals surface area contributed by atoms with Gasteiger partial charge in [0.2, 0.25) is 0 Å². The Kier molecular flexibility index (Phi) is 3.99. The molecule has 0 bridgehead atoms. The molecule has 0 unspecified atom stereocenters. The van der Waals surface area contributed by atoms with E-state index in [1.54, 1.807) is 6.20 Å². The molecule has 5 heteroatoms. The third-order valence-corrected chi connectivity index (χ3v) is 3.99. The maximum absolute atomic E-state index is 6.17. The molecule has 2 aromatic carbocycles. The summed E-state index contributed by atoms with van der Waals surface area (Å²) in [4.78, 5) is 4.34. The fourth-order valence-corrected chi connectivity index (χ4v) is 2.68. The van der Waals surface area contributed by atoms with Crippen molar-refractivity contribution in [1.82, 2.24) is 4.98 Å². The summed E-state index contributed by atoms with van der Waals surface area (Å²) in [5.41, 5.74) is 8.34. The maximum atomic E-state index is 6.17. The van der Waals surface area contributed by atoms with Crippen molar-refractivity contribution in [2.75, 3.05) is 5.73 Å². The molecule has 0 spiro atoms. The van der Waals surface area contributed by atoms with Crippen LogP contribution in [0.5, 0.6) is 5.75 Å². The first-order valence-corrected chi connectivity index (χ1v) is 7.52. The first-order valence-electron chi connectivity index (χ1n) is 6.35. The lowest BCUT2D eigenvalue weighted by Gasteiger charge is -2.11. The number of fused-ring (bicyclic) bond motifs is 1. The van der Waals surface area contributed by atoms with E-state index in [0.29, 0.717) is 23.1 Å². The zero-order chi connectivity index (χ0) is 14.8. The van der Waals surface area contributed by atoms with Crippen LogP contribution >= 0.6 is 27.5 Å². The smallest absolute Gasteiger partial charge is 0.146 e. The minimum absolute atomic E-state index is 0.381. The lowest BCUT2D eigenvalue weighted by atomic mass is 10.2. The van der Waals surface area contributed by atoms with E-state index in [-0.39, 0.29) is 0 Å². The van der Waals surface area contributed by atoms with E-state index in [2.05, 4.69) is 20.9 Å². The Balaban J connectivity index is 1.90. The number of nitrogens with two attached hydrogens (primary N) is 1. The van der Waals surface area contributed by atoms with E-state index in [1.165, 1.54) is 0 Å². The van der Waals surface area contributed by atoms with Crippen LogP contribution in [0.2, 0.25) is 5.02 Å². The minimum atomic E-state index is 0.381. The summed E-state index contributed by atoms with van der Waals surface area (Å²) >= 11 is 9.56. The second-order valence-electron chi connectivity index (χ2n) is 4.58. The monoisotopic (exact) mass is 362 g/mol. The van der Waals surface area contributed by atoms with Crippen molar-refractivity contribution in [3.05, 3.63) is 63.7 Å². The number of pyridine rings is 1. The van der Waals surface area contributed by atoms with Crippen molar-refractivity contribution in [1.29, 1.82) is 0 Å². The van der Waals surface area contributed by atoms with Gasteiger partial charge in [-0.25, -0.2) is 0 Å². The fourth-order valence-electron chi connectivity index (χ4n) is 2.08. The summed E-state index contributed by atoms with van der Waals surface area (Å²) in [5, 5.41) is 1.54. The van der Waals surface area contributed by atoms with Gasteiger partial charge in [0.25, 0.3) is 0 Å². The highest BCUT2D eigenvalue weighted by Gasteiger charge is 2.08. The van der Waals surface area contributed by atoms with Gasteiger partial charge in [-0.3, -0.25) is 4.98 Å². The second-order valence-corrected chi connectivity index (χ2v) is 5.90. The Labute approximate surface area is 135 Å². The molecule has 0 atom stereocenters. The van der Waals surface area contributed by atoms with Gasteiger partial charge >= 0.3 is 0 Å². The van der Waals surface area contributed by atoms with Gasteiger partial charge in [-0.2, -0.15) is 0 Å². The second kappa shape index (κ2) is 5.92. The molecule has 0 fully saturated rings. The van der Waals surface area contributed by atoms with E-state index in [1.807, 2.05) is 42.5 Å². The summed E-state index contributed by atoms with van der Waals surface area (Å²) in [6.07, 6.45) is 1.72. The lowest BCUT2D eigenvalue weighted by Crippen LogP contribution is -2.01. The predicted molar refractivity (Wildman–Crippen MR) is 89.6 cm³/mol. The number of nitrogen functional groups attached to an aromatic ring is 1. The third kappa shape index (κ3) is 2.96. The molecule has 0 radical (unpaired) electrons. The highest BCUT2D eigenvalue weighted by atomic mass is 79.9. The van der Waals surface area contributed by atoms with Crippen molar-refractivity contribution >= 4 is 44.1 Å². The van der Waals surface area contributed by atoms with E-state index in [9.17, 15) is 0 Å². The maximum Gasteiger partial charge on any atom is 0.146 e. The van der Waals surface area contributed by atoms with E-state index < -0.39 is 0 Å². The molecule has 3 nitrogen and oxygen atoms in total. The predicted octanol–water partition coefficient (Wildman–Crippen LogP) is 4.81. The van der Waals surface area contributed by atoms with E-state index in [4.69, 9.17) is 22.1 Å². The number of hydrogen-bond acceptors (Lipinski definition) is 3. The number of nitrogens with zero attached hydrogens (tertiary/aromatic N) is 1. The van der Waals surface area contributed by atoms with Crippen LogP contribution in [-0.2, 0) is 6.61 Å². The minimum Gasteiger partial charge on any atom is -0.487 e.